The lowest BCUT2D eigenvalue weighted by atomic mass is 10.1. The van der Waals surface area contributed by atoms with Crippen molar-refractivity contribution in [3.05, 3.63) is 41.5 Å². The van der Waals surface area contributed by atoms with Crippen LogP contribution in [-0.2, 0) is 13.1 Å². The molecule has 0 unspecified atom stereocenters. The van der Waals surface area contributed by atoms with Gasteiger partial charge < -0.3 is 14.4 Å². The van der Waals surface area contributed by atoms with Crippen molar-refractivity contribution in [2.24, 2.45) is 0 Å². The quantitative estimate of drug-likeness (QED) is 0.818. The van der Waals surface area contributed by atoms with Crippen molar-refractivity contribution in [3.63, 3.8) is 0 Å². The topological polar surface area (TPSA) is 57.5 Å². The molecule has 0 radical (unpaired) electrons. The van der Waals surface area contributed by atoms with Crippen molar-refractivity contribution in [1.82, 2.24) is 24.6 Å². The van der Waals surface area contributed by atoms with E-state index in [-0.39, 0.29) is 5.91 Å². The van der Waals surface area contributed by atoms with Gasteiger partial charge in [-0.1, -0.05) is 6.07 Å². The molecule has 1 aromatic heterocycles. The molecular formula is C21H28N6O. The van der Waals surface area contributed by atoms with Crippen LogP contribution in [0, 0.1) is 0 Å². The minimum absolute atomic E-state index is 0.0924. The minimum atomic E-state index is 0.0924. The zero-order valence-corrected chi connectivity index (χ0v) is 16.5. The van der Waals surface area contributed by atoms with E-state index >= 15 is 0 Å². The maximum Gasteiger partial charge on any atom is 0.254 e. The van der Waals surface area contributed by atoms with Crippen LogP contribution < -0.4 is 4.90 Å². The molecule has 1 amide bonds. The van der Waals surface area contributed by atoms with Crippen LogP contribution in [0.2, 0.25) is 0 Å². The number of nitrogens with zero attached hydrogens (tertiary/aromatic N) is 6. The maximum absolute atomic E-state index is 13.1. The summed E-state index contributed by atoms with van der Waals surface area (Å²) < 4.78 is 2.23. The molecule has 1 atom stereocenters. The van der Waals surface area contributed by atoms with Crippen LogP contribution in [0.1, 0.15) is 53.7 Å². The number of hydrogen-bond donors (Lipinski definition) is 0. The number of amides is 1. The summed E-state index contributed by atoms with van der Waals surface area (Å²) in [5.41, 5.74) is 1.93. The number of carbonyl (C=O) groups excluding carboxylic acids is 1. The van der Waals surface area contributed by atoms with Crippen LogP contribution in [0.15, 0.2) is 24.3 Å². The second-order valence-electron chi connectivity index (χ2n) is 8.24. The van der Waals surface area contributed by atoms with Gasteiger partial charge in [-0.25, -0.2) is 0 Å². The van der Waals surface area contributed by atoms with Crippen molar-refractivity contribution in [2.45, 2.75) is 44.8 Å². The SMILES string of the molecule is CN1CCC[C@@H]1c1nnc2n1CCN(C(=O)c1cccc(N3CCCC3)c1)C2. The molecule has 0 aliphatic carbocycles. The Labute approximate surface area is 165 Å². The average molecular weight is 380 g/mol. The Morgan fingerprint density at radius 3 is 2.68 bits per heavy atom. The molecule has 148 valence electrons. The second kappa shape index (κ2) is 7.20. The van der Waals surface area contributed by atoms with E-state index in [1.807, 2.05) is 23.1 Å². The second-order valence-corrected chi connectivity index (χ2v) is 8.24. The highest BCUT2D eigenvalue weighted by Gasteiger charge is 2.31. The molecule has 2 saturated heterocycles. The summed E-state index contributed by atoms with van der Waals surface area (Å²) in [6.45, 7) is 5.31. The number of rotatable bonds is 3. The summed E-state index contributed by atoms with van der Waals surface area (Å²) in [5.74, 6) is 2.07. The maximum atomic E-state index is 13.1. The van der Waals surface area contributed by atoms with E-state index in [0.717, 1.165) is 55.5 Å². The van der Waals surface area contributed by atoms with Crippen molar-refractivity contribution >= 4 is 11.6 Å². The lowest BCUT2D eigenvalue weighted by molar-refractivity contribution is 0.0705. The molecule has 3 aliphatic rings. The van der Waals surface area contributed by atoms with Gasteiger partial charge in [0.1, 0.15) is 0 Å². The molecule has 3 aliphatic heterocycles. The first kappa shape index (κ1) is 17.7. The standard InChI is InChI=1S/C21H28N6O/c1-24-9-5-8-18(24)20-23-22-19-15-26(12-13-27(19)20)21(28)16-6-4-7-17(14-16)25-10-2-3-11-25/h4,6-7,14,18H,2-3,5,8-13,15H2,1H3/t18-/m1/s1. The van der Waals surface area contributed by atoms with Crippen molar-refractivity contribution < 1.29 is 4.79 Å². The van der Waals surface area contributed by atoms with E-state index in [4.69, 9.17) is 0 Å². The Kier molecular flexibility index (Phi) is 4.55. The highest BCUT2D eigenvalue weighted by atomic mass is 16.2. The van der Waals surface area contributed by atoms with Crippen molar-refractivity contribution in [1.29, 1.82) is 0 Å². The predicted octanol–water partition coefficient (Wildman–Crippen LogP) is 2.30. The molecule has 2 fully saturated rings. The molecule has 4 heterocycles. The van der Waals surface area contributed by atoms with E-state index in [2.05, 4.69) is 37.7 Å². The molecule has 7 nitrogen and oxygen atoms in total. The van der Waals surface area contributed by atoms with Gasteiger partial charge in [-0.05, 0) is 57.5 Å². The van der Waals surface area contributed by atoms with Crippen LogP contribution in [0.5, 0.6) is 0 Å². The summed E-state index contributed by atoms with van der Waals surface area (Å²) in [6.07, 6.45) is 4.82. The molecular weight excluding hydrogens is 352 g/mol. The van der Waals surface area contributed by atoms with Gasteiger partial charge in [-0.15, -0.1) is 10.2 Å². The minimum Gasteiger partial charge on any atom is -0.372 e. The fourth-order valence-corrected chi connectivity index (χ4v) is 4.83. The fourth-order valence-electron chi connectivity index (χ4n) is 4.83. The Balaban J connectivity index is 1.33. The van der Waals surface area contributed by atoms with E-state index < -0.39 is 0 Å². The fraction of sp³-hybridized carbons (Fsp3) is 0.571. The average Bonchev–Trinajstić information content (AvgIpc) is 3.47. The van der Waals surface area contributed by atoms with Gasteiger partial charge >= 0.3 is 0 Å². The molecule has 0 bridgehead atoms. The Morgan fingerprint density at radius 1 is 1.04 bits per heavy atom. The van der Waals surface area contributed by atoms with E-state index in [1.165, 1.54) is 19.3 Å². The molecule has 0 saturated carbocycles. The van der Waals surface area contributed by atoms with Gasteiger partial charge in [0, 0.05) is 37.4 Å². The number of anilines is 1. The first-order chi connectivity index (χ1) is 13.7. The van der Waals surface area contributed by atoms with Crippen LogP contribution in [0.25, 0.3) is 0 Å². The predicted molar refractivity (Wildman–Crippen MR) is 107 cm³/mol. The molecule has 2 aromatic rings. The summed E-state index contributed by atoms with van der Waals surface area (Å²) >= 11 is 0. The Bertz CT molecular complexity index is 872. The third-order valence-corrected chi connectivity index (χ3v) is 6.45. The number of carbonyl (C=O) groups is 1. The molecule has 28 heavy (non-hydrogen) atoms. The Hall–Kier alpha value is -2.41. The monoisotopic (exact) mass is 380 g/mol. The van der Waals surface area contributed by atoms with E-state index in [1.54, 1.807) is 0 Å². The zero-order valence-electron chi connectivity index (χ0n) is 16.5. The molecule has 1 aromatic carbocycles. The molecule has 7 heteroatoms. The van der Waals surface area contributed by atoms with Crippen LogP contribution >= 0.6 is 0 Å². The van der Waals surface area contributed by atoms with Gasteiger partial charge in [-0.3, -0.25) is 9.69 Å². The number of fused-ring (bicyclic) bond motifs is 1. The number of aromatic nitrogens is 3. The molecule has 5 rings (SSSR count). The molecule has 0 spiro atoms. The van der Waals surface area contributed by atoms with Gasteiger partial charge in [0.2, 0.25) is 0 Å². The molecule has 0 N–H and O–H groups in total. The van der Waals surface area contributed by atoms with Crippen LogP contribution in [0.4, 0.5) is 5.69 Å². The summed E-state index contributed by atoms with van der Waals surface area (Å²) in [4.78, 5) is 19.8. The first-order valence-electron chi connectivity index (χ1n) is 10.5. The van der Waals surface area contributed by atoms with Crippen molar-refractivity contribution in [2.75, 3.05) is 38.1 Å². The summed E-state index contributed by atoms with van der Waals surface area (Å²) in [6, 6.07) is 8.45. The van der Waals surface area contributed by atoms with Gasteiger partial charge in [0.05, 0.1) is 12.6 Å². The highest BCUT2D eigenvalue weighted by Crippen LogP contribution is 2.31. The first-order valence-corrected chi connectivity index (χ1v) is 10.5. The van der Waals surface area contributed by atoms with Crippen molar-refractivity contribution in [3.8, 4) is 0 Å². The summed E-state index contributed by atoms with van der Waals surface area (Å²) in [7, 11) is 2.16. The number of benzene rings is 1. The number of likely N-dealkylation sites (tertiary alicyclic amines) is 1. The van der Waals surface area contributed by atoms with E-state index in [0.29, 0.717) is 19.1 Å². The van der Waals surface area contributed by atoms with Crippen LogP contribution in [0.3, 0.4) is 0 Å². The summed E-state index contributed by atoms with van der Waals surface area (Å²) in [5, 5.41) is 8.92. The highest BCUT2D eigenvalue weighted by molar-refractivity contribution is 5.95. The Morgan fingerprint density at radius 2 is 1.89 bits per heavy atom. The van der Waals surface area contributed by atoms with E-state index in [9.17, 15) is 4.79 Å². The lowest BCUT2D eigenvalue weighted by Gasteiger charge is -2.29. The van der Waals surface area contributed by atoms with Gasteiger partial charge in [-0.2, -0.15) is 0 Å². The van der Waals surface area contributed by atoms with Gasteiger partial charge in [0.15, 0.2) is 11.6 Å². The van der Waals surface area contributed by atoms with Crippen LogP contribution in [-0.4, -0.2) is 63.7 Å². The largest absolute Gasteiger partial charge is 0.372 e. The number of hydrogen-bond acceptors (Lipinski definition) is 5. The smallest absolute Gasteiger partial charge is 0.254 e. The van der Waals surface area contributed by atoms with Gasteiger partial charge in [0.25, 0.3) is 5.91 Å². The third kappa shape index (κ3) is 3.07. The normalized spacial score (nSPS) is 22.7. The third-order valence-electron chi connectivity index (χ3n) is 6.45. The lowest BCUT2D eigenvalue weighted by Crippen LogP contribution is -2.39. The zero-order chi connectivity index (χ0) is 19.1.